The maximum absolute atomic E-state index is 3.86. The van der Waals surface area contributed by atoms with E-state index >= 15 is 0 Å². The summed E-state index contributed by atoms with van der Waals surface area (Å²) in [6.07, 6.45) is 0. The summed E-state index contributed by atoms with van der Waals surface area (Å²) in [5.74, 6) is 2.21. The van der Waals surface area contributed by atoms with Crippen LogP contribution in [0.25, 0.3) is 10.8 Å². The average Bonchev–Trinajstić information content (AvgIpc) is 3.18. The van der Waals surface area contributed by atoms with Gasteiger partial charge in [0.2, 0.25) is 0 Å². The predicted molar refractivity (Wildman–Crippen MR) is 266 cm³/mol. The highest BCUT2D eigenvalue weighted by molar-refractivity contribution is 6.00. The molecule has 61 heavy (non-hydrogen) atoms. The van der Waals surface area contributed by atoms with Gasteiger partial charge in [0.15, 0.2) is 0 Å². The van der Waals surface area contributed by atoms with Crippen LogP contribution in [-0.4, -0.2) is 13.1 Å². The smallest absolute Gasteiger partial charge is 0.0638 e. The quantitative estimate of drug-likeness (QED) is 0.0925. The number of rotatable bonds is 13. The molecule has 312 valence electrons. The molecule has 0 fully saturated rings. The lowest BCUT2D eigenvalue weighted by molar-refractivity contribution is 0.650. The third kappa shape index (κ3) is 9.22. The lowest BCUT2D eigenvalue weighted by Crippen LogP contribution is -2.24. The van der Waals surface area contributed by atoms with Gasteiger partial charge in [-0.25, -0.2) is 0 Å². The van der Waals surface area contributed by atoms with E-state index < -0.39 is 0 Å². The second-order valence-corrected chi connectivity index (χ2v) is 18.6. The second kappa shape index (κ2) is 18.0. The Balaban J connectivity index is 1.37. The molecule has 0 saturated carbocycles. The molecule has 0 aliphatic heterocycles. The maximum Gasteiger partial charge on any atom is 0.0638 e. The van der Waals surface area contributed by atoms with Crippen molar-refractivity contribution in [2.45, 2.75) is 90.0 Å². The van der Waals surface area contributed by atoms with Crippen LogP contribution in [0, 0.1) is 80.1 Å². The van der Waals surface area contributed by atoms with E-state index in [0.717, 1.165) is 18.8 Å². The lowest BCUT2D eigenvalue weighted by atomic mass is 9.82. The minimum atomic E-state index is 0.495. The largest absolute Gasteiger partial charge is 0.354 e. The molecule has 7 rings (SSSR count). The molecule has 0 atom stereocenters. The fourth-order valence-electron chi connectivity index (χ4n) is 9.81. The van der Waals surface area contributed by atoms with Gasteiger partial charge in [-0.2, -0.15) is 0 Å². The number of nitrogens with zero attached hydrogens (tertiary/aromatic N) is 2. The van der Waals surface area contributed by atoms with Crippen molar-refractivity contribution in [1.29, 1.82) is 0 Å². The second-order valence-electron chi connectivity index (χ2n) is 18.6. The number of nitrogens with one attached hydrogen (secondary N) is 1. The van der Waals surface area contributed by atoms with Crippen LogP contribution < -0.4 is 15.1 Å². The van der Waals surface area contributed by atoms with Crippen molar-refractivity contribution in [3.63, 3.8) is 0 Å². The molecular weight excluding hydrogens is 739 g/mol. The van der Waals surface area contributed by atoms with Gasteiger partial charge in [0.05, 0.1) is 39.7 Å². The van der Waals surface area contributed by atoms with Crippen molar-refractivity contribution >= 4 is 44.9 Å². The first-order valence-electron chi connectivity index (χ1n) is 22.2. The minimum absolute atomic E-state index is 0.495. The number of hydrogen-bond acceptors (Lipinski definition) is 3. The van der Waals surface area contributed by atoms with Gasteiger partial charge in [-0.3, -0.25) is 0 Å². The summed E-state index contributed by atoms with van der Waals surface area (Å²) in [5, 5.41) is 6.28. The Kier molecular flexibility index (Phi) is 12.7. The standard InChI is InChI=1S/C58H66N3/c1-36(2)34-60(57-43(10)30-39(6)31-44(57)11)49-22-18-47(19-23-49)55(48-20-24-50(25-21-48)61(35-37(3)4)58-45(12)32-40(7)33-46(58)13)53-26-27-54(52-17-15-14-16-51(52)53)59-56-41(8)28-38(5)29-42(56)9/h14-33,36-37,59H,34-35H2,1-13H3/q+1. The van der Waals surface area contributed by atoms with Crippen LogP contribution in [0.1, 0.15) is 94.5 Å². The van der Waals surface area contributed by atoms with E-state index in [1.165, 1.54) is 112 Å². The molecule has 0 bridgehead atoms. The summed E-state index contributed by atoms with van der Waals surface area (Å²) in [5.41, 5.74) is 22.6. The van der Waals surface area contributed by atoms with Gasteiger partial charge >= 0.3 is 0 Å². The third-order valence-corrected chi connectivity index (χ3v) is 12.0. The summed E-state index contributed by atoms with van der Waals surface area (Å²) in [6.45, 7) is 31.1. The van der Waals surface area contributed by atoms with Crippen molar-refractivity contribution in [3.8, 4) is 0 Å². The van der Waals surface area contributed by atoms with Crippen molar-refractivity contribution in [2.24, 2.45) is 11.8 Å². The normalized spacial score (nSPS) is 11.5. The van der Waals surface area contributed by atoms with Crippen LogP contribution in [0.4, 0.5) is 34.1 Å². The summed E-state index contributed by atoms with van der Waals surface area (Å²) < 4.78 is 0. The molecule has 0 unspecified atom stereocenters. The highest BCUT2D eigenvalue weighted by Crippen LogP contribution is 2.42. The Morgan fingerprint density at radius 3 is 1.21 bits per heavy atom. The molecule has 3 heteroatoms. The van der Waals surface area contributed by atoms with Crippen LogP contribution in [0.5, 0.6) is 0 Å². The molecule has 1 N–H and O–H groups in total. The summed E-state index contributed by atoms with van der Waals surface area (Å²) >= 11 is 0. The first-order chi connectivity index (χ1) is 29.1. The fourth-order valence-corrected chi connectivity index (χ4v) is 9.81. The summed E-state index contributed by atoms with van der Waals surface area (Å²) in [7, 11) is 0. The van der Waals surface area contributed by atoms with Gasteiger partial charge in [0.25, 0.3) is 0 Å². The molecule has 0 spiro atoms. The fraction of sp³-hybridized carbons (Fsp3) is 0.293. The van der Waals surface area contributed by atoms with Gasteiger partial charge in [-0.15, -0.1) is 0 Å². The van der Waals surface area contributed by atoms with Gasteiger partial charge < -0.3 is 15.1 Å². The summed E-state index contributed by atoms with van der Waals surface area (Å²) in [4.78, 5) is 5.05. The molecule has 3 nitrogen and oxygen atoms in total. The van der Waals surface area contributed by atoms with E-state index in [9.17, 15) is 0 Å². The molecule has 0 aliphatic carbocycles. The number of anilines is 6. The highest BCUT2D eigenvalue weighted by Gasteiger charge is 2.28. The molecule has 0 aromatic heterocycles. The molecular formula is C58H66N3+. The van der Waals surface area contributed by atoms with Crippen LogP contribution in [0.15, 0.2) is 121 Å². The Labute approximate surface area is 367 Å². The first-order valence-corrected chi connectivity index (χ1v) is 22.2. The van der Waals surface area contributed by atoms with E-state index in [1.54, 1.807) is 0 Å². The zero-order chi connectivity index (χ0) is 43.7. The van der Waals surface area contributed by atoms with Crippen LogP contribution in [-0.2, 0) is 0 Å². The maximum atomic E-state index is 3.86. The van der Waals surface area contributed by atoms with E-state index in [0.29, 0.717) is 11.8 Å². The Morgan fingerprint density at radius 1 is 0.443 bits per heavy atom. The Morgan fingerprint density at radius 2 is 0.820 bits per heavy atom. The zero-order valence-corrected chi connectivity index (χ0v) is 39.0. The molecule has 0 aliphatic rings. The predicted octanol–water partition coefficient (Wildman–Crippen LogP) is 16.0. The van der Waals surface area contributed by atoms with Crippen molar-refractivity contribution in [1.82, 2.24) is 0 Å². The number of aryl methyl sites for hydroxylation is 9. The van der Waals surface area contributed by atoms with E-state index in [4.69, 9.17) is 0 Å². The van der Waals surface area contributed by atoms with E-state index in [1.807, 2.05) is 0 Å². The molecule has 0 amide bonds. The molecule has 7 aromatic carbocycles. The Hall–Kier alpha value is -5.93. The van der Waals surface area contributed by atoms with E-state index in [2.05, 4.69) is 226 Å². The summed E-state index contributed by atoms with van der Waals surface area (Å²) in [6, 6.07) is 46.0. The molecule has 7 aromatic rings. The average molecular weight is 805 g/mol. The van der Waals surface area contributed by atoms with Gasteiger partial charge in [-0.05, 0) is 180 Å². The molecule has 0 saturated heterocycles. The number of hydrogen-bond donors (Lipinski definition) is 1. The zero-order valence-electron chi connectivity index (χ0n) is 39.0. The number of benzene rings is 7. The topological polar surface area (TPSA) is 18.5 Å². The van der Waals surface area contributed by atoms with Gasteiger partial charge in [-0.1, -0.05) is 92.9 Å². The highest BCUT2D eigenvalue weighted by atomic mass is 15.1. The lowest BCUT2D eigenvalue weighted by Gasteiger charge is -2.30. The number of fused-ring (bicyclic) bond motifs is 1. The van der Waals surface area contributed by atoms with Crippen LogP contribution in [0.2, 0.25) is 0 Å². The SMILES string of the molecule is Cc1cc(C)c(Nc2ccc([C+](c3ccc(N(CC(C)C)c4c(C)cc(C)cc4C)cc3)c3ccc(N(CC(C)C)c4c(C)cc(C)cc4C)cc3)c3ccccc23)c(C)c1. The van der Waals surface area contributed by atoms with E-state index in [-0.39, 0.29) is 0 Å². The molecule has 0 radical (unpaired) electrons. The molecule has 0 heterocycles. The van der Waals surface area contributed by atoms with Crippen LogP contribution >= 0.6 is 0 Å². The van der Waals surface area contributed by atoms with Crippen molar-refractivity contribution in [2.75, 3.05) is 28.2 Å². The van der Waals surface area contributed by atoms with Crippen molar-refractivity contribution in [3.05, 3.63) is 194 Å². The van der Waals surface area contributed by atoms with Crippen LogP contribution in [0.3, 0.4) is 0 Å². The van der Waals surface area contributed by atoms with Gasteiger partial charge in [0, 0.05) is 40.9 Å². The minimum Gasteiger partial charge on any atom is -0.354 e. The Bertz CT molecular complexity index is 2480. The monoisotopic (exact) mass is 805 g/mol. The first kappa shape index (κ1) is 43.2. The third-order valence-electron chi connectivity index (χ3n) is 12.0. The van der Waals surface area contributed by atoms with Crippen molar-refractivity contribution < 1.29 is 0 Å². The van der Waals surface area contributed by atoms with Gasteiger partial charge in [0.1, 0.15) is 0 Å².